The summed E-state index contributed by atoms with van der Waals surface area (Å²) < 4.78 is 1.37. The molecule has 0 aliphatic heterocycles. The molecule has 0 aliphatic carbocycles. The van der Waals surface area contributed by atoms with Gasteiger partial charge < -0.3 is 10.0 Å². The van der Waals surface area contributed by atoms with Gasteiger partial charge in [0.25, 0.3) is 0 Å². The Kier molecular flexibility index (Phi) is 3.06. The average molecular weight is 234 g/mol. The lowest BCUT2D eigenvalue weighted by Gasteiger charge is -2.05. The highest BCUT2D eigenvalue weighted by atomic mass is 16.4. The third-order valence-corrected chi connectivity index (χ3v) is 2.41. The first-order valence-corrected chi connectivity index (χ1v) is 5.30. The molecular weight excluding hydrogens is 220 g/mol. The van der Waals surface area contributed by atoms with E-state index in [2.05, 4.69) is 10.1 Å². The number of aromatic carboxylic acids is 1. The summed E-state index contributed by atoms with van der Waals surface area (Å²) in [7, 11) is 3.94. The number of carboxylic acids is 1. The van der Waals surface area contributed by atoms with Crippen LogP contribution in [0.2, 0.25) is 0 Å². The van der Waals surface area contributed by atoms with Crippen LogP contribution in [0.1, 0.15) is 16.3 Å². The Hall–Kier alpha value is -1.95. The molecule has 0 bridgehead atoms. The summed E-state index contributed by atoms with van der Waals surface area (Å²) in [5.41, 5.74) is 0.699. The molecule has 0 radical (unpaired) electrons. The molecule has 0 spiro atoms. The molecule has 0 atom stereocenters. The van der Waals surface area contributed by atoms with E-state index < -0.39 is 5.97 Å². The first kappa shape index (κ1) is 11.5. The van der Waals surface area contributed by atoms with Gasteiger partial charge in [-0.1, -0.05) is 6.07 Å². The van der Waals surface area contributed by atoms with E-state index in [9.17, 15) is 4.79 Å². The zero-order chi connectivity index (χ0) is 12.4. The van der Waals surface area contributed by atoms with E-state index in [-0.39, 0.29) is 5.69 Å². The van der Waals surface area contributed by atoms with Gasteiger partial charge in [0.15, 0.2) is 17.2 Å². The zero-order valence-corrected chi connectivity index (χ0v) is 9.79. The molecule has 2 rings (SSSR count). The van der Waals surface area contributed by atoms with E-state index in [0.717, 1.165) is 6.54 Å². The second kappa shape index (κ2) is 4.50. The van der Waals surface area contributed by atoms with Crippen LogP contribution in [0.4, 0.5) is 0 Å². The Morgan fingerprint density at radius 3 is 2.88 bits per heavy atom. The smallest absolute Gasteiger partial charge is 0.354 e. The predicted octanol–water partition coefficient (Wildman–Crippen LogP) is 0.532. The van der Waals surface area contributed by atoms with Crippen molar-refractivity contribution in [3.63, 3.8) is 0 Å². The molecule has 6 heteroatoms. The molecule has 0 aliphatic rings. The zero-order valence-electron chi connectivity index (χ0n) is 9.79. The van der Waals surface area contributed by atoms with Crippen LogP contribution in [0, 0.1) is 0 Å². The van der Waals surface area contributed by atoms with E-state index in [4.69, 9.17) is 5.11 Å². The summed E-state index contributed by atoms with van der Waals surface area (Å²) in [5.74, 6) is -0.341. The number of fused-ring (bicyclic) bond motifs is 1. The van der Waals surface area contributed by atoms with Gasteiger partial charge in [-0.3, -0.25) is 0 Å². The van der Waals surface area contributed by atoms with Crippen LogP contribution in [0.3, 0.4) is 0 Å². The number of nitrogens with zero attached hydrogens (tertiary/aromatic N) is 4. The Morgan fingerprint density at radius 1 is 1.47 bits per heavy atom. The van der Waals surface area contributed by atoms with Crippen LogP contribution in [-0.4, -0.2) is 51.2 Å². The lowest BCUT2D eigenvalue weighted by molar-refractivity contribution is 0.0687. The van der Waals surface area contributed by atoms with E-state index in [1.807, 2.05) is 19.0 Å². The molecule has 0 amide bonds. The fourth-order valence-electron chi connectivity index (χ4n) is 1.54. The third-order valence-electron chi connectivity index (χ3n) is 2.41. The largest absolute Gasteiger partial charge is 0.477 e. The van der Waals surface area contributed by atoms with Crippen molar-refractivity contribution in [2.45, 2.75) is 6.42 Å². The van der Waals surface area contributed by atoms with E-state index in [1.54, 1.807) is 12.1 Å². The number of pyridine rings is 1. The topological polar surface area (TPSA) is 70.7 Å². The quantitative estimate of drug-likeness (QED) is 0.835. The maximum absolute atomic E-state index is 11.0. The Labute approximate surface area is 98.5 Å². The Bertz CT molecular complexity index is 547. The second-order valence-electron chi connectivity index (χ2n) is 4.07. The molecule has 0 fully saturated rings. The summed E-state index contributed by atoms with van der Waals surface area (Å²) in [6.45, 7) is 0.833. The van der Waals surface area contributed by atoms with Crippen molar-refractivity contribution in [1.82, 2.24) is 19.5 Å². The van der Waals surface area contributed by atoms with Crippen LogP contribution < -0.4 is 0 Å². The minimum Gasteiger partial charge on any atom is -0.477 e. The lowest BCUT2D eigenvalue weighted by Crippen LogP contribution is -2.15. The molecule has 90 valence electrons. The summed E-state index contributed by atoms with van der Waals surface area (Å²) in [5, 5.41) is 13.2. The van der Waals surface area contributed by atoms with Gasteiger partial charge in [0.1, 0.15) is 0 Å². The first-order valence-electron chi connectivity index (χ1n) is 5.30. The molecule has 17 heavy (non-hydrogen) atoms. The molecule has 1 N–H and O–H groups in total. The number of carboxylic acid groups (broad SMARTS) is 1. The lowest BCUT2D eigenvalue weighted by atomic mass is 10.3. The van der Waals surface area contributed by atoms with Crippen molar-refractivity contribution >= 4 is 11.6 Å². The van der Waals surface area contributed by atoms with Crippen molar-refractivity contribution < 1.29 is 9.90 Å². The maximum atomic E-state index is 11.0. The third kappa shape index (κ3) is 2.42. The number of hydrogen-bond donors (Lipinski definition) is 1. The van der Waals surface area contributed by atoms with Crippen LogP contribution in [-0.2, 0) is 6.42 Å². The average Bonchev–Trinajstić information content (AvgIpc) is 2.68. The van der Waals surface area contributed by atoms with E-state index >= 15 is 0 Å². The number of rotatable bonds is 4. The molecule has 0 unspecified atom stereocenters. The molecule has 2 aromatic rings. The molecule has 0 saturated heterocycles. The molecule has 6 nitrogen and oxygen atoms in total. The minimum atomic E-state index is -1.00. The fraction of sp³-hybridized carbons (Fsp3) is 0.364. The van der Waals surface area contributed by atoms with E-state index in [1.165, 1.54) is 10.6 Å². The molecule has 2 heterocycles. The summed E-state index contributed by atoms with van der Waals surface area (Å²) in [6.07, 6.45) is 0.702. The standard InChI is InChI=1S/C11H14N4O2/c1-14(2)7-6-9-12-10-5-3-4-8(11(16)17)15(10)13-9/h3-5H,6-7H2,1-2H3,(H,16,17). The van der Waals surface area contributed by atoms with Gasteiger partial charge >= 0.3 is 5.97 Å². The van der Waals surface area contributed by atoms with Crippen molar-refractivity contribution in [2.24, 2.45) is 0 Å². The monoisotopic (exact) mass is 234 g/mol. The van der Waals surface area contributed by atoms with Crippen LogP contribution >= 0.6 is 0 Å². The van der Waals surface area contributed by atoms with Crippen LogP contribution in [0.5, 0.6) is 0 Å². The second-order valence-corrected chi connectivity index (χ2v) is 4.07. The molecular formula is C11H14N4O2. The predicted molar refractivity (Wildman–Crippen MR) is 62.2 cm³/mol. The SMILES string of the molecule is CN(C)CCc1nc2cccc(C(=O)O)n2n1. The van der Waals surface area contributed by atoms with E-state index in [0.29, 0.717) is 17.9 Å². The highest BCUT2D eigenvalue weighted by Crippen LogP contribution is 2.06. The summed E-state index contributed by atoms with van der Waals surface area (Å²) >= 11 is 0. The Morgan fingerprint density at radius 2 is 2.24 bits per heavy atom. The van der Waals surface area contributed by atoms with Gasteiger partial charge in [-0.2, -0.15) is 5.10 Å². The number of hydrogen-bond acceptors (Lipinski definition) is 4. The van der Waals surface area contributed by atoms with Crippen LogP contribution in [0.15, 0.2) is 18.2 Å². The molecule has 2 aromatic heterocycles. The van der Waals surface area contributed by atoms with Crippen molar-refractivity contribution in [3.8, 4) is 0 Å². The van der Waals surface area contributed by atoms with Gasteiger partial charge in [0, 0.05) is 13.0 Å². The van der Waals surface area contributed by atoms with Gasteiger partial charge in [-0.15, -0.1) is 0 Å². The Balaban J connectivity index is 2.36. The number of likely N-dealkylation sites (N-methyl/N-ethyl adjacent to an activating group) is 1. The number of aromatic nitrogens is 3. The van der Waals surface area contributed by atoms with Gasteiger partial charge in [0.2, 0.25) is 0 Å². The highest BCUT2D eigenvalue weighted by Gasteiger charge is 2.11. The van der Waals surface area contributed by atoms with Gasteiger partial charge in [-0.05, 0) is 26.2 Å². The van der Waals surface area contributed by atoms with Crippen molar-refractivity contribution in [2.75, 3.05) is 20.6 Å². The normalized spacial score (nSPS) is 11.2. The first-order chi connectivity index (χ1) is 8.08. The minimum absolute atomic E-state index is 0.131. The summed E-state index contributed by atoms with van der Waals surface area (Å²) in [4.78, 5) is 17.3. The maximum Gasteiger partial charge on any atom is 0.354 e. The number of carbonyl (C=O) groups is 1. The fourth-order valence-corrected chi connectivity index (χ4v) is 1.54. The molecule has 0 saturated carbocycles. The molecule has 0 aromatic carbocycles. The van der Waals surface area contributed by atoms with Crippen LogP contribution in [0.25, 0.3) is 5.65 Å². The highest BCUT2D eigenvalue weighted by molar-refractivity contribution is 5.86. The summed E-state index contributed by atoms with van der Waals surface area (Å²) in [6, 6.07) is 4.93. The van der Waals surface area contributed by atoms with Crippen molar-refractivity contribution in [1.29, 1.82) is 0 Å². The van der Waals surface area contributed by atoms with Crippen molar-refractivity contribution in [3.05, 3.63) is 29.7 Å². The van der Waals surface area contributed by atoms with Gasteiger partial charge in [0.05, 0.1) is 0 Å². The van der Waals surface area contributed by atoms with Gasteiger partial charge in [-0.25, -0.2) is 14.3 Å².